The van der Waals surface area contributed by atoms with E-state index in [1.165, 1.54) is 0 Å². The molecule has 0 bridgehead atoms. The maximum absolute atomic E-state index is 5.64. The number of rotatable bonds is 3. The topological polar surface area (TPSA) is 76.3 Å². The Kier molecular flexibility index (Phi) is 3.55. The first-order valence-corrected chi connectivity index (χ1v) is 6.03. The Hall–Kier alpha value is -2.30. The smallest absolute Gasteiger partial charge is 0.183 e. The molecule has 0 saturated carbocycles. The molecule has 0 radical (unpaired) electrons. The molecule has 0 aliphatic carbocycles. The molecule has 0 aliphatic rings. The van der Waals surface area contributed by atoms with E-state index >= 15 is 0 Å². The molecule has 1 aromatic heterocycles. The van der Waals surface area contributed by atoms with E-state index in [4.69, 9.17) is 10.5 Å². The minimum atomic E-state index is 0.485. The van der Waals surface area contributed by atoms with Gasteiger partial charge in [-0.1, -0.05) is 6.07 Å². The van der Waals surface area contributed by atoms with E-state index in [2.05, 4.69) is 15.2 Å². The maximum atomic E-state index is 5.64. The molecule has 0 amide bonds. The van der Waals surface area contributed by atoms with Crippen molar-refractivity contribution in [1.29, 1.82) is 0 Å². The van der Waals surface area contributed by atoms with Gasteiger partial charge in [-0.3, -0.25) is 5.10 Å². The molecule has 19 heavy (non-hydrogen) atoms. The zero-order valence-electron chi connectivity index (χ0n) is 11.6. The van der Waals surface area contributed by atoms with Gasteiger partial charge in [-0.2, -0.15) is 5.10 Å². The first kappa shape index (κ1) is 13.1. The predicted octanol–water partition coefficient (Wildman–Crippen LogP) is 2.71. The molecule has 0 saturated heterocycles. The van der Waals surface area contributed by atoms with Crippen LogP contribution >= 0.6 is 0 Å². The molecular formula is C14H18N4O. The third-order valence-corrected chi connectivity index (χ3v) is 2.91. The van der Waals surface area contributed by atoms with Crippen LogP contribution in [0.1, 0.15) is 18.2 Å². The number of hydrogen-bond donors (Lipinski definition) is 2. The molecule has 5 heteroatoms. The van der Waals surface area contributed by atoms with E-state index in [0.29, 0.717) is 11.7 Å². The van der Waals surface area contributed by atoms with Crippen LogP contribution < -0.4 is 10.5 Å². The molecule has 1 aromatic carbocycles. The SMILES string of the molecule is COc1ccc(-c2c(N=C(C)N)n[nH]c2C)c(C)c1. The second kappa shape index (κ2) is 5.14. The van der Waals surface area contributed by atoms with Gasteiger partial charge in [-0.05, 0) is 44.0 Å². The molecule has 0 atom stereocenters. The Balaban J connectivity index is 2.59. The van der Waals surface area contributed by atoms with Gasteiger partial charge in [0.25, 0.3) is 0 Å². The van der Waals surface area contributed by atoms with Crippen molar-refractivity contribution in [3.63, 3.8) is 0 Å². The zero-order valence-corrected chi connectivity index (χ0v) is 11.6. The number of aryl methyl sites for hydroxylation is 2. The fraction of sp³-hybridized carbons (Fsp3) is 0.286. The Morgan fingerprint density at radius 3 is 2.68 bits per heavy atom. The van der Waals surface area contributed by atoms with Crippen molar-refractivity contribution in [3.05, 3.63) is 29.5 Å². The number of aliphatic imine (C=N–C) groups is 1. The average Bonchev–Trinajstić information content (AvgIpc) is 2.70. The van der Waals surface area contributed by atoms with Crippen molar-refractivity contribution in [3.8, 4) is 16.9 Å². The van der Waals surface area contributed by atoms with Crippen LogP contribution in [0.25, 0.3) is 11.1 Å². The van der Waals surface area contributed by atoms with Crippen LogP contribution in [0.4, 0.5) is 5.82 Å². The van der Waals surface area contributed by atoms with Crippen LogP contribution in [-0.2, 0) is 0 Å². The summed E-state index contributed by atoms with van der Waals surface area (Å²) in [6.07, 6.45) is 0. The molecule has 5 nitrogen and oxygen atoms in total. The van der Waals surface area contributed by atoms with Crippen LogP contribution in [-0.4, -0.2) is 23.1 Å². The molecule has 0 aliphatic heterocycles. The molecule has 3 N–H and O–H groups in total. The van der Waals surface area contributed by atoms with E-state index in [-0.39, 0.29) is 0 Å². The van der Waals surface area contributed by atoms with Crippen molar-refractivity contribution in [2.45, 2.75) is 20.8 Å². The highest BCUT2D eigenvalue weighted by molar-refractivity contribution is 5.85. The van der Waals surface area contributed by atoms with Crippen molar-refractivity contribution in [2.75, 3.05) is 7.11 Å². The number of ether oxygens (including phenoxy) is 1. The number of benzene rings is 1. The number of aromatic amines is 1. The van der Waals surface area contributed by atoms with Gasteiger partial charge in [-0.25, -0.2) is 4.99 Å². The maximum Gasteiger partial charge on any atom is 0.183 e. The summed E-state index contributed by atoms with van der Waals surface area (Å²) < 4.78 is 5.22. The van der Waals surface area contributed by atoms with Gasteiger partial charge in [0.15, 0.2) is 5.82 Å². The number of hydrogen-bond acceptors (Lipinski definition) is 3. The summed E-state index contributed by atoms with van der Waals surface area (Å²) in [5.41, 5.74) is 9.77. The molecule has 1 heterocycles. The van der Waals surface area contributed by atoms with Gasteiger partial charge >= 0.3 is 0 Å². The Labute approximate surface area is 112 Å². The van der Waals surface area contributed by atoms with Crippen molar-refractivity contribution in [1.82, 2.24) is 10.2 Å². The Bertz CT molecular complexity index is 624. The number of methoxy groups -OCH3 is 1. The van der Waals surface area contributed by atoms with Gasteiger partial charge in [0, 0.05) is 11.3 Å². The molecule has 0 spiro atoms. The van der Waals surface area contributed by atoms with Gasteiger partial charge in [0.05, 0.1) is 12.9 Å². The highest BCUT2D eigenvalue weighted by atomic mass is 16.5. The molecule has 0 fully saturated rings. The zero-order chi connectivity index (χ0) is 14.0. The van der Waals surface area contributed by atoms with Crippen molar-refractivity contribution >= 4 is 11.7 Å². The lowest BCUT2D eigenvalue weighted by Gasteiger charge is -2.08. The summed E-state index contributed by atoms with van der Waals surface area (Å²) in [4.78, 5) is 4.26. The van der Waals surface area contributed by atoms with Crippen LogP contribution in [0.5, 0.6) is 5.75 Å². The first-order chi connectivity index (χ1) is 9.02. The lowest BCUT2D eigenvalue weighted by atomic mass is 10.0. The van der Waals surface area contributed by atoms with Crippen LogP contribution in [0.15, 0.2) is 23.2 Å². The molecular weight excluding hydrogens is 240 g/mol. The van der Waals surface area contributed by atoms with Gasteiger partial charge in [-0.15, -0.1) is 0 Å². The third-order valence-electron chi connectivity index (χ3n) is 2.91. The highest BCUT2D eigenvalue weighted by Gasteiger charge is 2.14. The fourth-order valence-electron chi connectivity index (χ4n) is 2.03. The standard InChI is InChI=1S/C14H18N4O/c1-8-7-11(19-4)5-6-12(8)13-9(2)17-18-14(13)16-10(3)15/h5-7H,1-4H3,(H3,15,16,17,18). The van der Waals surface area contributed by atoms with Crippen LogP contribution in [0.2, 0.25) is 0 Å². The van der Waals surface area contributed by atoms with Gasteiger partial charge in [0.2, 0.25) is 0 Å². The van der Waals surface area contributed by atoms with Crippen LogP contribution in [0, 0.1) is 13.8 Å². The predicted molar refractivity (Wildman–Crippen MR) is 77.0 cm³/mol. The first-order valence-electron chi connectivity index (χ1n) is 6.03. The third kappa shape index (κ3) is 2.59. The summed E-state index contributed by atoms with van der Waals surface area (Å²) in [7, 11) is 1.66. The Morgan fingerprint density at radius 2 is 2.11 bits per heavy atom. The molecule has 2 rings (SSSR count). The minimum absolute atomic E-state index is 0.485. The van der Waals surface area contributed by atoms with Gasteiger partial charge in [0.1, 0.15) is 5.75 Å². The molecule has 0 unspecified atom stereocenters. The normalized spacial score (nSPS) is 11.7. The van der Waals surface area contributed by atoms with Crippen LogP contribution in [0.3, 0.4) is 0 Å². The number of amidine groups is 1. The summed E-state index contributed by atoms with van der Waals surface area (Å²) in [6, 6.07) is 5.93. The minimum Gasteiger partial charge on any atom is -0.497 e. The number of nitrogens with zero attached hydrogens (tertiary/aromatic N) is 2. The second-order valence-electron chi connectivity index (χ2n) is 4.48. The summed E-state index contributed by atoms with van der Waals surface area (Å²) in [5.74, 6) is 1.94. The summed E-state index contributed by atoms with van der Waals surface area (Å²) >= 11 is 0. The second-order valence-corrected chi connectivity index (χ2v) is 4.48. The van der Waals surface area contributed by atoms with Crippen molar-refractivity contribution in [2.24, 2.45) is 10.7 Å². The average molecular weight is 258 g/mol. The largest absolute Gasteiger partial charge is 0.497 e. The number of H-pyrrole nitrogens is 1. The number of nitrogens with two attached hydrogens (primary N) is 1. The lowest BCUT2D eigenvalue weighted by molar-refractivity contribution is 0.414. The van der Waals surface area contributed by atoms with E-state index in [0.717, 1.165) is 28.1 Å². The fourth-order valence-corrected chi connectivity index (χ4v) is 2.03. The van der Waals surface area contributed by atoms with Gasteiger partial charge < -0.3 is 10.5 Å². The highest BCUT2D eigenvalue weighted by Crippen LogP contribution is 2.34. The number of nitrogens with one attached hydrogen (secondary N) is 1. The van der Waals surface area contributed by atoms with E-state index in [9.17, 15) is 0 Å². The number of aromatic nitrogens is 2. The van der Waals surface area contributed by atoms with E-state index < -0.39 is 0 Å². The lowest BCUT2D eigenvalue weighted by Crippen LogP contribution is -2.04. The van der Waals surface area contributed by atoms with E-state index in [1.807, 2.05) is 32.0 Å². The molecule has 2 aromatic rings. The molecule has 100 valence electrons. The van der Waals surface area contributed by atoms with Crippen molar-refractivity contribution < 1.29 is 4.74 Å². The quantitative estimate of drug-likeness (QED) is 0.656. The summed E-state index contributed by atoms with van der Waals surface area (Å²) in [5, 5.41) is 7.15. The summed E-state index contributed by atoms with van der Waals surface area (Å²) in [6.45, 7) is 5.75. The Morgan fingerprint density at radius 1 is 1.37 bits per heavy atom. The monoisotopic (exact) mass is 258 g/mol. The van der Waals surface area contributed by atoms with E-state index in [1.54, 1.807) is 14.0 Å².